The first-order valence-corrected chi connectivity index (χ1v) is 10.8. The number of methoxy groups -OCH3 is 2. The Morgan fingerprint density at radius 2 is 1.84 bits per heavy atom. The van der Waals surface area contributed by atoms with Gasteiger partial charge in [-0.05, 0) is 44.5 Å². The van der Waals surface area contributed by atoms with Gasteiger partial charge in [-0.25, -0.2) is 9.79 Å². The third-order valence-electron chi connectivity index (χ3n) is 5.70. The molecular weight excluding hydrogens is 428 g/mol. The number of carbonyl (C=O) groups excluding carboxylic acids is 1. The number of hydrogen-bond acceptors (Lipinski definition) is 7. The normalized spacial score (nSPS) is 16.1. The largest absolute Gasteiger partial charge is 0.497 e. The van der Waals surface area contributed by atoms with E-state index in [0.717, 1.165) is 22.5 Å². The molecule has 0 radical (unpaired) electrons. The minimum atomic E-state index is -0.650. The standard InChI is InChI=1S/C23H24N4O4S/c1-12-17(14(3)26(4)25-12)11-18-21(28)27-20(15-7-9-16(30-5)10-8-15)19(22(29)31-6)13(2)24-23(27)32-18/h7-11,20H,1-6H3/b18-11+/t20-/m1/s1. The molecule has 1 aliphatic heterocycles. The number of fused-ring (bicyclic) bond motifs is 1. The van der Waals surface area contributed by atoms with E-state index < -0.39 is 12.0 Å². The lowest BCUT2D eigenvalue weighted by molar-refractivity contribution is -0.136. The van der Waals surface area contributed by atoms with Crippen LogP contribution in [-0.4, -0.2) is 34.5 Å². The summed E-state index contributed by atoms with van der Waals surface area (Å²) in [6.45, 7) is 5.63. The van der Waals surface area contributed by atoms with E-state index in [4.69, 9.17) is 9.47 Å². The summed E-state index contributed by atoms with van der Waals surface area (Å²) < 4.78 is 14.2. The van der Waals surface area contributed by atoms with Gasteiger partial charge in [0, 0.05) is 18.3 Å². The topological polar surface area (TPSA) is 87.7 Å². The van der Waals surface area contributed by atoms with E-state index in [1.54, 1.807) is 35.4 Å². The number of rotatable bonds is 4. The minimum Gasteiger partial charge on any atom is -0.497 e. The number of ether oxygens (including phenoxy) is 2. The van der Waals surface area contributed by atoms with Gasteiger partial charge in [-0.15, -0.1) is 0 Å². The van der Waals surface area contributed by atoms with Crippen molar-refractivity contribution < 1.29 is 14.3 Å². The molecule has 0 amide bonds. The van der Waals surface area contributed by atoms with Gasteiger partial charge in [0.2, 0.25) is 0 Å². The molecule has 9 heteroatoms. The van der Waals surface area contributed by atoms with E-state index in [0.29, 0.717) is 26.4 Å². The van der Waals surface area contributed by atoms with Gasteiger partial charge < -0.3 is 9.47 Å². The van der Waals surface area contributed by atoms with Crippen LogP contribution in [0.2, 0.25) is 0 Å². The van der Waals surface area contributed by atoms with Gasteiger partial charge in [-0.3, -0.25) is 14.0 Å². The molecule has 2 aromatic heterocycles. The SMILES string of the molecule is COC(=O)C1=C(C)N=c2s/c(=C/c3c(C)nn(C)c3C)c(=O)n2[C@@H]1c1ccc(OC)cc1. The number of hydrogen-bond donors (Lipinski definition) is 0. The Morgan fingerprint density at radius 1 is 1.16 bits per heavy atom. The van der Waals surface area contributed by atoms with Crippen molar-refractivity contribution in [1.29, 1.82) is 0 Å². The maximum Gasteiger partial charge on any atom is 0.338 e. The maximum atomic E-state index is 13.6. The van der Waals surface area contributed by atoms with Crippen molar-refractivity contribution in [2.45, 2.75) is 26.8 Å². The van der Waals surface area contributed by atoms with Gasteiger partial charge in [0.15, 0.2) is 4.80 Å². The van der Waals surface area contributed by atoms with Crippen LogP contribution < -0.4 is 19.6 Å². The number of carbonyl (C=O) groups is 1. The number of nitrogens with zero attached hydrogens (tertiary/aromatic N) is 4. The molecule has 1 atom stereocenters. The number of benzene rings is 1. The van der Waals surface area contributed by atoms with Crippen molar-refractivity contribution in [3.05, 3.63) is 77.7 Å². The highest BCUT2D eigenvalue weighted by Gasteiger charge is 2.33. The lowest BCUT2D eigenvalue weighted by Gasteiger charge is -2.24. The molecule has 166 valence electrons. The van der Waals surface area contributed by atoms with Crippen LogP contribution in [0.3, 0.4) is 0 Å². The molecule has 0 saturated carbocycles. The zero-order valence-electron chi connectivity index (χ0n) is 18.8. The number of esters is 1. The molecule has 0 fully saturated rings. The highest BCUT2D eigenvalue weighted by molar-refractivity contribution is 7.07. The van der Waals surface area contributed by atoms with E-state index in [1.165, 1.54) is 18.4 Å². The predicted octanol–water partition coefficient (Wildman–Crippen LogP) is 1.77. The van der Waals surface area contributed by atoms with E-state index in [-0.39, 0.29) is 5.56 Å². The molecule has 3 aromatic rings. The third-order valence-corrected chi connectivity index (χ3v) is 6.68. The lowest BCUT2D eigenvalue weighted by Crippen LogP contribution is -2.39. The van der Waals surface area contributed by atoms with Crippen molar-refractivity contribution in [2.24, 2.45) is 12.0 Å². The van der Waals surface area contributed by atoms with Crippen LogP contribution in [0.15, 0.2) is 45.3 Å². The summed E-state index contributed by atoms with van der Waals surface area (Å²) in [7, 11) is 4.79. The molecule has 1 aromatic carbocycles. The molecule has 3 heterocycles. The van der Waals surface area contributed by atoms with E-state index in [1.807, 2.05) is 39.1 Å². The molecule has 0 saturated heterocycles. The van der Waals surface area contributed by atoms with Crippen LogP contribution >= 0.6 is 11.3 Å². The number of thiazole rings is 1. The maximum absolute atomic E-state index is 13.6. The fraction of sp³-hybridized carbons (Fsp3) is 0.304. The second kappa shape index (κ2) is 8.23. The van der Waals surface area contributed by atoms with E-state index in [2.05, 4.69) is 10.1 Å². The molecule has 0 unspecified atom stereocenters. The Labute approximate surface area is 188 Å². The van der Waals surface area contributed by atoms with Crippen molar-refractivity contribution in [2.75, 3.05) is 14.2 Å². The van der Waals surface area contributed by atoms with Gasteiger partial charge in [0.25, 0.3) is 5.56 Å². The quantitative estimate of drug-likeness (QED) is 0.563. The van der Waals surface area contributed by atoms with Crippen LogP contribution in [0, 0.1) is 13.8 Å². The van der Waals surface area contributed by atoms with Gasteiger partial charge in [-0.1, -0.05) is 23.5 Å². The van der Waals surface area contributed by atoms with E-state index >= 15 is 0 Å². The molecule has 1 aliphatic rings. The summed E-state index contributed by atoms with van der Waals surface area (Å²) in [6, 6.07) is 6.65. The Morgan fingerprint density at radius 3 is 2.41 bits per heavy atom. The minimum absolute atomic E-state index is 0.217. The van der Waals surface area contributed by atoms with Crippen molar-refractivity contribution in [3.8, 4) is 5.75 Å². The zero-order valence-corrected chi connectivity index (χ0v) is 19.6. The second-order valence-electron chi connectivity index (χ2n) is 7.55. The molecule has 32 heavy (non-hydrogen) atoms. The highest BCUT2D eigenvalue weighted by Crippen LogP contribution is 2.31. The molecule has 0 N–H and O–H groups in total. The monoisotopic (exact) mass is 452 g/mol. The first-order chi connectivity index (χ1) is 15.3. The molecule has 0 spiro atoms. The second-order valence-corrected chi connectivity index (χ2v) is 8.56. The zero-order chi connectivity index (χ0) is 23.2. The third kappa shape index (κ3) is 3.48. The molecule has 8 nitrogen and oxygen atoms in total. The molecule has 0 bridgehead atoms. The predicted molar refractivity (Wildman–Crippen MR) is 121 cm³/mol. The van der Waals surface area contributed by atoms with Gasteiger partial charge in [-0.2, -0.15) is 5.10 Å². The van der Waals surface area contributed by atoms with Crippen molar-refractivity contribution >= 4 is 23.4 Å². The fourth-order valence-electron chi connectivity index (χ4n) is 3.92. The van der Waals surface area contributed by atoms with Crippen LogP contribution in [-0.2, 0) is 16.6 Å². The summed E-state index contributed by atoms with van der Waals surface area (Å²) in [5, 5.41) is 4.43. The van der Waals surface area contributed by atoms with E-state index in [9.17, 15) is 9.59 Å². The van der Waals surface area contributed by atoms with Crippen LogP contribution in [0.4, 0.5) is 0 Å². The van der Waals surface area contributed by atoms with Crippen LogP contribution in [0.5, 0.6) is 5.75 Å². The van der Waals surface area contributed by atoms with Crippen LogP contribution in [0.1, 0.15) is 35.5 Å². The molecule has 0 aliphatic carbocycles. The average molecular weight is 453 g/mol. The summed E-state index contributed by atoms with van der Waals surface area (Å²) >= 11 is 1.29. The smallest absolute Gasteiger partial charge is 0.338 e. The number of aryl methyl sites for hydroxylation is 2. The van der Waals surface area contributed by atoms with Gasteiger partial charge in [0.05, 0.1) is 41.8 Å². The lowest BCUT2D eigenvalue weighted by atomic mass is 9.96. The van der Waals surface area contributed by atoms with Gasteiger partial charge >= 0.3 is 5.97 Å². The average Bonchev–Trinajstić information content (AvgIpc) is 3.22. The number of aromatic nitrogens is 3. The highest BCUT2D eigenvalue weighted by atomic mass is 32.1. The fourth-order valence-corrected chi connectivity index (χ4v) is 4.95. The van der Waals surface area contributed by atoms with Crippen LogP contribution in [0.25, 0.3) is 6.08 Å². The Balaban J connectivity index is 1.99. The molecule has 4 rings (SSSR count). The summed E-state index contributed by atoms with van der Waals surface area (Å²) in [6.07, 6.45) is 1.85. The number of allylic oxidation sites excluding steroid dienone is 1. The van der Waals surface area contributed by atoms with Gasteiger partial charge in [0.1, 0.15) is 5.75 Å². The summed E-state index contributed by atoms with van der Waals surface area (Å²) in [4.78, 5) is 31.4. The summed E-state index contributed by atoms with van der Waals surface area (Å²) in [5.74, 6) is 0.171. The Hall–Kier alpha value is -3.46. The van der Waals surface area contributed by atoms with Crippen molar-refractivity contribution in [3.63, 3.8) is 0 Å². The Kier molecular flexibility index (Phi) is 5.60. The van der Waals surface area contributed by atoms with Crippen molar-refractivity contribution in [1.82, 2.24) is 14.3 Å². The first kappa shape index (κ1) is 21.8. The first-order valence-electron chi connectivity index (χ1n) is 10.0. The summed E-state index contributed by atoms with van der Waals surface area (Å²) in [5.41, 5.74) is 4.13. The Bertz CT molecular complexity index is 1420. The molecular formula is C23H24N4O4S.